The first kappa shape index (κ1) is 17.9. The topological polar surface area (TPSA) is 95.2 Å². The Hall–Kier alpha value is -3.91. The SMILES string of the molecule is Fc1ccc(-c2ccnc3nc(-c4[nH]nc5ncc(C6=CCNCC6)cc45)[nH]c23)cc1. The minimum absolute atomic E-state index is 0.268. The minimum atomic E-state index is -0.268. The molecule has 7 nitrogen and oxygen atoms in total. The Balaban J connectivity index is 1.48. The Morgan fingerprint density at radius 1 is 0.968 bits per heavy atom. The second-order valence-electron chi connectivity index (χ2n) is 7.53. The van der Waals surface area contributed by atoms with Crippen LogP contribution in [0.15, 0.2) is 54.9 Å². The maximum absolute atomic E-state index is 13.4. The molecule has 5 heterocycles. The smallest absolute Gasteiger partial charge is 0.181 e. The Kier molecular flexibility index (Phi) is 4.10. The van der Waals surface area contributed by atoms with E-state index in [1.54, 1.807) is 18.3 Å². The van der Waals surface area contributed by atoms with Gasteiger partial charge in [-0.1, -0.05) is 18.2 Å². The quantitative estimate of drug-likeness (QED) is 0.416. The van der Waals surface area contributed by atoms with E-state index in [1.165, 1.54) is 17.7 Å². The predicted octanol–water partition coefficient (Wildman–Crippen LogP) is 4.08. The lowest BCUT2D eigenvalue weighted by atomic mass is 10.0. The van der Waals surface area contributed by atoms with Crippen molar-refractivity contribution >= 4 is 27.8 Å². The van der Waals surface area contributed by atoms with Gasteiger partial charge in [0, 0.05) is 24.5 Å². The number of pyridine rings is 2. The fourth-order valence-corrected chi connectivity index (χ4v) is 4.04. The van der Waals surface area contributed by atoms with E-state index in [0.29, 0.717) is 17.1 Å². The zero-order valence-electron chi connectivity index (χ0n) is 16.5. The van der Waals surface area contributed by atoms with E-state index in [-0.39, 0.29) is 5.82 Å². The molecule has 152 valence electrons. The number of aromatic nitrogens is 6. The van der Waals surface area contributed by atoms with Crippen molar-refractivity contribution in [2.75, 3.05) is 13.1 Å². The van der Waals surface area contributed by atoms with E-state index in [9.17, 15) is 4.39 Å². The third-order valence-corrected chi connectivity index (χ3v) is 5.63. The molecule has 3 N–H and O–H groups in total. The molecule has 0 saturated carbocycles. The molecule has 0 unspecified atom stereocenters. The summed E-state index contributed by atoms with van der Waals surface area (Å²) in [6, 6.07) is 10.4. The van der Waals surface area contributed by atoms with Crippen molar-refractivity contribution in [3.05, 3.63) is 66.2 Å². The maximum Gasteiger partial charge on any atom is 0.181 e. The number of imidazole rings is 1. The molecule has 0 atom stereocenters. The highest BCUT2D eigenvalue weighted by Crippen LogP contribution is 2.31. The number of benzene rings is 1. The molecule has 1 aromatic carbocycles. The van der Waals surface area contributed by atoms with Gasteiger partial charge in [-0.25, -0.2) is 19.3 Å². The Labute approximate surface area is 176 Å². The molecule has 0 fully saturated rings. The Bertz CT molecular complexity index is 1450. The number of hydrogen-bond acceptors (Lipinski definition) is 5. The molecule has 6 rings (SSSR count). The third kappa shape index (κ3) is 3.08. The van der Waals surface area contributed by atoms with Crippen molar-refractivity contribution in [2.45, 2.75) is 6.42 Å². The summed E-state index contributed by atoms with van der Waals surface area (Å²) in [6.45, 7) is 1.83. The molecule has 1 aliphatic rings. The maximum atomic E-state index is 13.4. The van der Waals surface area contributed by atoms with Gasteiger partial charge in [-0.05, 0) is 53.9 Å². The van der Waals surface area contributed by atoms with Crippen LogP contribution >= 0.6 is 0 Å². The van der Waals surface area contributed by atoms with Gasteiger partial charge < -0.3 is 10.3 Å². The van der Waals surface area contributed by atoms with Crippen LogP contribution in [0.4, 0.5) is 4.39 Å². The van der Waals surface area contributed by atoms with Crippen LogP contribution in [0.3, 0.4) is 0 Å². The summed E-state index contributed by atoms with van der Waals surface area (Å²) < 4.78 is 13.4. The first-order valence-electron chi connectivity index (χ1n) is 10.1. The summed E-state index contributed by atoms with van der Waals surface area (Å²) in [5.74, 6) is 0.369. The summed E-state index contributed by atoms with van der Waals surface area (Å²) in [5, 5.41) is 11.7. The fraction of sp³-hybridized carbons (Fsp3) is 0.130. The number of aromatic amines is 2. The average molecular weight is 411 g/mol. The van der Waals surface area contributed by atoms with Crippen LogP contribution in [-0.4, -0.2) is 43.2 Å². The van der Waals surface area contributed by atoms with E-state index in [1.807, 2.05) is 12.3 Å². The van der Waals surface area contributed by atoms with Gasteiger partial charge in [0.05, 0.1) is 10.9 Å². The van der Waals surface area contributed by atoms with Crippen molar-refractivity contribution in [1.82, 2.24) is 35.5 Å². The molecule has 0 bridgehead atoms. The van der Waals surface area contributed by atoms with Crippen molar-refractivity contribution in [2.24, 2.45) is 0 Å². The summed E-state index contributed by atoms with van der Waals surface area (Å²) in [4.78, 5) is 17.0. The van der Waals surface area contributed by atoms with Crippen molar-refractivity contribution < 1.29 is 4.39 Å². The van der Waals surface area contributed by atoms with Gasteiger partial charge in [0.15, 0.2) is 17.1 Å². The standard InChI is InChI=1S/C23H18FN7/c24-16-3-1-14(2-4-16)17-7-10-26-22-19(17)28-23(29-22)20-18-11-15(12-27-21(18)31-30-20)13-5-8-25-9-6-13/h1-5,7,10-12,25H,6,8-9H2,(H,26,28,29)(H,27,30,31). The summed E-state index contributed by atoms with van der Waals surface area (Å²) >= 11 is 0. The van der Waals surface area contributed by atoms with E-state index in [2.05, 4.69) is 47.6 Å². The molecule has 5 aromatic rings. The van der Waals surface area contributed by atoms with Crippen molar-refractivity contribution in [1.29, 1.82) is 0 Å². The number of rotatable bonds is 3. The molecule has 1 aliphatic heterocycles. The molecule has 4 aromatic heterocycles. The predicted molar refractivity (Wildman–Crippen MR) is 118 cm³/mol. The lowest BCUT2D eigenvalue weighted by molar-refractivity contribution is 0.628. The summed E-state index contributed by atoms with van der Waals surface area (Å²) in [6.07, 6.45) is 6.75. The van der Waals surface area contributed by atoms with Gasteiger partial charge in [-0.15, -0.1) is 0 Å². The molecule has 0 saturated heterocycles. The number of H-pyrrole nitrogens is 2. The van der Waals surface area contributed by atoms with E-state index < -0.39 is 0 Å². The first-order valence-corrected chi connectivity index (χ1v) is 10.1. The molecule has 8 heteroatoms. The van der Waals surface area contributed by atoms with Crippen LogP contribution in [0.1, 0.15) is 12.0 Å². The fourth-order valence-electron chi connectivity index (χ4n) is 4.04. The van der Waals surface area contributed by atoms with Crippen LogP contribution < -0.4 is 5.32 Å². The zero-order valence-corrected chi connectivity index (χ0v) is 16.5. The molecule has 0 amide bonds. The van der Waals surface area contributed by atoms with Crippen LogP contribution in [-0.2, 0) is 0 Å². The number of hydrogen-bond donors (Lipinski definition) is 3. The van der Waals surface area contributed by atoms with Gasteiger partial charge in [-0.2, -0.15) is 5.10 Å². The van der Waals surface area contributed by atoms with E-state index >= 15 is 0 Å². The number of nitrogens with zero attached hydrogens (tertiary/aromatic N) is 4. The van der Waals surface area contributed by atoms with Gasteiger partial charge in [0.25, 0.3) is 0 Å². The number of nitrogens with one attached hydrogen (secondary N) is 3. The first-order chi connectivity index (χ1) is 15.3. The monoisotopic (exact) mass is 411 g/mol. The van der Waals surface area contributed by atoms with Crippen LogP contribution in [0, 0.1) is 5.82 Å². The van der Waals surface area contributed by atoms with Crippen LogP contribution in [0.25, 0.3) is 50.4 Å². The highest BCUT2D eigenvalue weighted by Gasteiger charge is 2.17. The number of fused-ring (bicyclic) bond motifs is 2. The molecule has 31 heavy (non-hydrogen) atoms. The molecular formula is C23H18FN7. The largest absolute Gasteiger partial charge is 0.335 e. The zero-order chi connectivity index (χ0) is 20.8. The molecule has 0 aliphatic carbocycles. The van der Waals surface area contributed by atoms with Gasteiger partial charge in [-0.3, -0.25) is 5.10 Å². The molecular weight excluding hydrogens is 393 g/mol. The second-order valence-corrected chi connectivity index (χ2v) is 7.53. The number of halogens is 1. The lowest BCUT2D eigenvalue weighted by Gasteiger charge is -2.13. The van der Waals surface area contributed by atoms with E-state index in [4.69, 9.17) is 0 Å². The Morgan fingerprint density at radius 2 is 1.87 bits per heavy atom. The lowest BCUT2D eigenvalue weighted by Crippen LogP contribution is -2.20. The third-order valence-electron chi connectivity index (χ3n) is 5.63. The minimum Gasteiger partial charge on any atom is -0.335 e. The summed E-state index contributed by atoms with van der Waals surface area (Å²) in [5.41, 5.74) is 6.96. The van der Waals surface area contributed by atoms with Gasteiger partial charge in [0.2, 0.25) is 0 Å². The van der Waals surface area contributed by atoms with Crippen LogP contribution in [0.5, 0.6) is 0 Å². The molecule has 0 radical (unpaired) electrons. The average Bonchev–Trinajstić information content (AvgIpc) is 3.43. The van der Waals surface area contributed by atoms with Gasteiger partial charge in [0.1, 0.15) is 11.5 Å². The highest BCUT2D eigenvalue weighted by molar-refractivity contribution is 5.95. The second kappa shape index (κ2) is 7.10. The van der Waals surface area contributed by atoms with Gasteiger partial charge >= 0.3 is 0 Å². The highest BCUT2D eigenvalue weighted by atomic mass is 19.1. The summed E-state index contributed by atoms with van der Waals surface area (Å²) in [7, 11) is 0. The van der Waals surface area contributed by atoms with E-state index in [0.717, 1.165) is 52.8 Å². The normalized spacial score (nSPS) is 14.3. The van der Waals surface area contributed by atoms with Crippen molar-refractivity contribution in [3.8, 4) is 22.6 Å². The Morgan fingerprint density at radius 3 is 2.71 bits per heavy atom. The molecule has 0 spiro atoms. The van der Waals surface area contributed by atoms with Crippen LogP contribution in [0.2, 0.25) is 0 Å². The van der Waals surface area contributed by atoms with Crippen molar-refractivity contribution in [3.63, 3.8) is 0 Å².